The van der Waals surface area contributed by atoms with Crippen LogP contribution in [-0.4, -0.2) is 36.2 Å². The summed E-state index contributed by atoms with van der Waals surface area (Å²) in [5.41, 5.74) is 0.907. The summed E-state index contributed by atoms with van der Waals surface area (Å²) < 4.78 is 28.1. The van der Waals surface area contributed by atoms with E-state index in [1.165, 1.54) is 12.1 Å². The summed E-state index contributed by atoms with van der Waals surface area (Å²) >= 11 is 0. The van der Waals surface area contributed by atoms with Crippen LogP contribution in [0.25, 0.3) is 0 Å². The van der Waals surface area contributed by atoms with Crippen molar-refractivity contribution in [3.8, 4) is 5.75 Å². The van der Waals surface area contributed by atoms with Gasteiger partial charge in [0.05, 0.1) is 6.42 Å². The molecular weight excluding hydrogens is 244 g/mol. The zero-order chi connectivity index (χ0) is 13.5. The van der Waals surface area contributed by atoms with Crippen LogP contribution in [0.3, 0.4) is 0 Å². The van der Waals surface area contributed by atoms with E-state index in [2.05, 4.69) is 4.74 Å². The van der Waals surface area contributed by atoms with Crippen LogP contribution in [0.5, 0.6) is 5.75 Å². The molecule has 0 fully saturated rings. The average molecular weight is 259 g/mol. The van der Waals surface area contributed by atoms with Crippen molar-refractivity contribution in [1.29, 1.82) is 0 Å². The number of rotatable bonds is 7. The number of hydrogen-bond acceptors (Lipinski definition) is 3. The van der Waals surface area contributed by atoms with Crippen LogP contribution in [-0.2, 0) is 11.3 Å². The highest BCUT2D eigenvalue weighted by Gasteiger charge is 2.06. The highest BCUT2D eigenvalue weighted by Crippen LogP contribution is 2.15. The van der Waals surface area contributed by atoms with Gasteiger partial charge in [0.25, 0.3) is 0 Å². The van der Waals surface area contributed by atoms with Gasteiger partial charge < -0.3 is 14.7 Å². The van der Waals surface area contributed by atoms with Gasteiger partial charge >= 0.3 is 12.6 Å². The minimum absolute atomic E-state index is 0.0725. The normalized spacial score (nSPS) is 10.9. The molecule has 0 atom stereocenters. The predicted octanol–water partition coefficient (Wildman–Crippen LogP) is 2.19. The number of ether oxygens (including phenoxy) is 1. The Balaban J connectivity index is 2.45. The first-order chi connectivity index (χ1) is 8.47. The van der Waals surface area contributed by atoms with Crippen molar-refractivity contribution in [3.05, 3.63) is 29.8 Å². The van der Waals surface area contributed by atoms with Crippen LogP contribution < -0.4 is 4.74 Å². The molecule has 0 heterocycles. The Labute approximate surface area is 104 Å². The highest BCUT2D eigenvalue weighted by atomic mass is 19.3. The number of nitrogens with zero attached hydrogens (tertiary/aromatic N) is 1. The Morgan fingerprint density at radius 2 is 2.00 bits per heavy atom. The standard InChI is InChI=1S/C12H15F2NO3/c1-15(7-6-11(16)17)8-9-2-4-10(5-3-9)18-12(13)14/h2-5,12H,6-8H2,1H3,(H,16,17). The molecular formula is C12H15F2NO3. The molecule has 0 unspecified atom stereocenters. The second-order valence-electron chi connectivity index (χ2n) is 3.90. The van der Waals surface area contributed by atoms with Crippen molar-refractivity contribution in [3.63, 3.8) is 0 Å². The summed E-state index contributed by atoms with van der Waals surface area (Å²) in [5.74, 6) is -0.732. The van der Waals surface area contributed by atoms with Crippen LogP contribution in [0.2, 0.25) is 0 Å². The predicted molar refractivity (Wildman–Crippen MR) is 61.7 cm³/mol. The molecule has 0 amide bonds. The number of alkyl halides is 2. The van der Waals surface area contributed by atoms with Crippen LogP contribution in [0, 0.1) is 0 Å². The minimum Gasteiger partial charge on any atom is -0.481 e. The van der Waals surface area contributed by atoms with Gasteiger partial charge in [-0.05, 0) is 24.7 Å². The fourth-order valence-electron chi connectivity index (χ4n) is 1.45. The summed E-state index contributed by atoms with van der Waals surface area (Å²) in [4.78, 5) is 12.2. The summed E-state index contributed by atoms with van der Waals surface area (Å²) in [5, 5.41) is 8.53. The largest absolute Gasteiger partial charge is 0.481 e. The van der Waals surface area contributed by atoms with Gasteiger partial charge in [-0.15, -0.1) is 0 Å². The Kier molecular flexibility index (Phi) is 5.51. The summed E-state index contributed by atoms with van der Waals surface area (Å²) in [6.45, 7) is -1.83. The monoisotopic (exact) mass is 259 g/mol. The molecule has 0 aliphatic rings. The van der Waals surface area contributed by atoms with E-state index in [1.54, 1.807) is 19.2 Å². The number of benzene rings is 1. The molecule has 1 aromatic rings. The zero-order valence-electron chi connectivity index (χ0n) is 9.97. The average Bonchev–Trinajstić information content (AvgIpc) is 2.28. The zero-order valence-corrected chi connectivity index (χ0v) is 9.97. The van der Waals surface area contributed by atoms with Crippen molar-refractivity contribution in [2.24, 2.45) is 0 Å². The van der Waals surface area contributed by atoms with E-state index in [1.807, 2.05) is 4.90 Å². The molecule has 1 N–H and O–H groups in total. The molecule has 0 aromatic heterocycles. The SMILES string of the molecule is CN(CCC(=O)O)Cc1ccc(OC(F)F)cc1. The molecule has 0 aliphatic carbocycles. The Bertz CT molecular complexity index is 381. The van der Waals surface area contributed by atoms with Crippen molar-refractivity contribution in [1.82, 2.24) is 4.90 Å². The second-order valence-corrected chi connectivity index (χ2v) is 3.90. The lowest BCUT2D eigenvalue weighted by Gasteiger charge is -2.15. The van der Waals surface area contributed by atoms with Gasteiger partial charge in [0.15, 0.2) is 0 Å². The fraction of sp³-hybridized carbons (Fsp3) is 0.417. The first kappa shape index (κ1) is 14.4. The molecule has 1 aromatic carbocycles. The van der Waals surface area contributed by atoms with Crippen molar-refractivity contribution >= 4 is 5.97 Å². The third-order valence-corrected chi connectivity index (χ3v) is 2.31. The minimum atomic E-state index is -2.82. The van der Waals surface area contributed by atoms with Gasteiger partial charge in [-0.1, -0.05) is 12.1 Å². The van der Waals surface area contributed by atoms with E-state index in [0.29, 0.717) is 13.1 Å². The van der Waals surface area contributed by atoms with Crippen LogP contribution in [0.1, 0.15) is 12.0 Å². The third kappa shape index (κ3) is 5.58. The first-order valence-electron chi connectivity index (χ1n) is 5.41. The van der Waals surface area contributed by atoms with Crippen molar-refractivity contribution < 1.29 is 23.4 Å². The van der Waals surface area contributed by atoms with Gasteiger partial charge in [-0.2, -0.15) is 8.78 Å². The molecule has 4 nitrogen and oxygen atoms in total. The van der Waals surface area contributed by atoms with Crippen molar-refractivity contribution in [2.75, 3.05) is 13.6 Å². The maximum Gasteiger partial charge on any atom is 0.387 e. The number of hydrogen-bond donors (Lipinski definition) is 1. The second kappa shape index (κ2) is 6.90. The number of halogens is 2. The number of carbonyl (C=O) groups is 1. The fourth-order valence-corrected chi connectivity index (χ4v) is 1.45. The third-order valence-electron chi connectivity index (χ3n) is 2.31. The summed E-state index contributed by atoms with van der Waals surface area (Å²) in [7, 11) is 1.80. The Morgan fingerprint density at radius 1 is 1.39 bits per heavy atom. The van der Waals surface area contributed by atoms with E-state index in [0.717, 1.165) is 5.56 Å². The lowest BCUT2D eigenvalue weighted by atomic mass is 10.2. The van der Waals surface area contributed by atoms with Crippen LogP contribution in [0.15, 0.2) is 24.3 Å². The molecule has 0 saturated heterocycles. The lowest BCUT2D eigenvalue weighted by molar-refractivity contribution is -0.137. The molecule has 0 bridgehead atoms. The molecule has 0 spiro atoms. The van der Waals surface area contributed by atoms with Gasteiger partial charge in [0.2, 0.25) is 0 Å². The van der Waals surface area contributed by atoms with Gasteiger partial charge in [-0.3, -0.25) is 4.79 Å². The molecule has 18 heavy (non-hydrogen) atoms. The quantitative estimate of drug-likeness (QED) is 0.815. The topological polar surface area (TPSA) is 49.8 Å². The van der Waals surface area contributed by atoms with E-state index in [9.17, 15) is 13.6 Å². The summed E-state index contributed by atoms with van der Waals surface area (Å²) in [6.07, 6.45) is 0.0725. The molecule has 6 heteroatoms. The van der Waals surface area contributed by atoms with Crippen molar-refractivity contribution in [2.45, 2.75) is 19.6 Å². The van der Waals surface area contributed by atoms with Gasteiger partial charge in [-0.25, -0.2) is 0 Å². The van der Waals surface area contributed by atoms with Crippen LogP contribution in [0.4, 0.5) is 8.78 Å². The smallest absolute Gasteiger partial charge is 0.387 e. The maximum absolute atomic E-state index is 11.9. The lowest BCUT2D eigenvalue weighted by Crippen LogP contribution is -2.21. The van der Waals surface area contributed by atoms with E-state index in [-0.39, 0.29) is 12.2 Å². The van der Waals surface area contributed by atoms with E-state index in [4.69, 9.17) is 5.11 Å². The Morgan fingerprint density at radius 3 is 2.50 bits per heavy atom. The van der Waals surface area contributed by atoms with E-state index >= 15 is 0 Å². The Hall–Kier alpha value is -1.69. The number of carboxylic acids is 1. The maximum atomic E-state index is 11.9. The molecule has 1 rings (SSSR count). The number of carboxylic acid groups (broad SMARTS) is 1. The van der Waals surface area contributed by atoms with E-state index < -0.39 is 12.6 Å². The summed E-state index contributed by atoms with van der Waals surface area (Å²) in [6, 6.07) is 6.28. The molecule has 0 saturated carbocycles. The molecule has 0 aliphatic heterocycles. The van der Waals surface area contributed by atoms with Crippen LogP contribution >= 0.6 is 0 Å². The highest BCUT2D eigenvalue weighted by molar-refractivity contribution is 5.66. The molecule has 100 valence electrons. The first-order valence-corrected chi connectivity index (χ1v) is 5.41. The molecule has 0 radical (unpaired) electrons. The van der Waals surface area contributed by atoms with Gasteiger partial charge in [0, 0.05) is 13.1 Å². The van der Waals surface area contributed by atoms with Gasteiger partial charge in [0.1, 0.15) is 5.75 Å². The number of aliphatic carboxylic acids is 1.